The van der Waals surface area contributed by atoms with Crippen molar-refractivity contribution in [2.24, 2.45) is 0 Å². The van der Waals surface area contributed by atoms with Gasteiger partial charge in [-0.1, -0.05) is 49.1 Å². The number of para-hydroxylation sites is 1. The summed E-state index contributed by atoms with van der Waals surface area (Å²) in [6.45, 7) is 0. The highest BCUT2D eigenvalue weighted by Crippen LogP contribution is 2.30. The molecule has 0 aliphatic heterocycles. The van der Waals surface area contributed by atoms with Crippen molar-refractivity contribution in [3.05, 3.63) is 75.2 Å². The predicted octanol–water partition coefficient (Wildman–Crippen LogP) is 4.50. The van der Waals surface area contributed by atoms with Gasteiger partial charge < -0.3 is 10.1 Å². The molecule has 0 atom stereocenters. The number of carbonyl (C=O) groups excluding carboxylic acids is 1. The molecule has 1 saturated carbocycles. The third-order valence-corrected chi connectivity index (χ3v) is 5.68. The number of halogens is 1. The Morgan fingerprint density at radius 3 is 2.69 bits per heavy atom. The van der Waals surface area contributed by atoms with Crippen LogP contribution in [0, 0.1) is 11.3 Å². The highest BCUT2D eigenvalue weighted by atomic mass is 35.5. The molecule has 32 heavy (non-hydrogen) atoms. The van der Waals surface area contributed by atoms with E-state index in [1.807, 2.05) is 6.07 Å². The lowest BCUT2D eigenvalue weighted by Crippen LogP contribution is -2.36. The summed E-state index contributed by atoms with van der Waals surface area (Å²) in [5.41, 5.74) is -0.295. The number of aromatic nitrogens is 2. The van der Waals surface area contributed by atoms with Gasteiger partial charge in [0.1, 0.15) is 28.6 Å². The summed E-state index contributed by atoms with van der Waals surface area (Å²) >= 11 is 6.21. The topological polar surface area (TPSA) is 96.5 Å². The zero-order chi connectivity index (χ0) is 22.5. The van der Waals surface area contributed by atoms with E-state index in [-0.39, 0.29) is 23.1 Å². The van der Waals surface area contributed by atoms with Crippen LogP contribution in [-0.4, -0.2) is 21.3 Å². The van der Waals surface area contributed by atoms with E-state index in [9.17, 15) is 14.9 Å². The van der Waals surface area contributed by atoms with Crippen LogP contribution in [-0.2, 0) is 4.79 Å². The number of fused-ring (bicyclic) bond motifs is 1. The number of carbonyl (C=O) groups is 1. The molecule has 1 aromatic carbocycles. The molecular formula is C24H21ClN4O3. The van der Waals surface area contributed by atoms with Crippen LogP contribution in [0.1, 0.15) is 37.7 Å². The zero-order valence-electron chi connectivity index (χ0n) is 17.3. The lowest BCUT2D eigenvalue weighted by atomic mass is 9.95. The first kappa shape index (κ1) is 21.6. The van der Waals surface area contributed by atoms with Gasteiger partial charge in [-0.2, -0.15) is 10.2 Å². The molecule has 0 radical (unpaired) electrons. The fraction of sp³-hybridized carbons (Fsp3) is 0.250. The maximum atomic E-state index is 13.2. The van der Waals surface area contributed by atoms with Crippen molar-refractivity contribution in [3.8, 4) is 17.7 Å². The highest BCUT2D eigenvalue weighted by Gasteiger charge is 2.21. The fourth-order valence-electron chi connectivity index (χ4n) is 3.72. The van der Waals surface area contributed by atoms with Crippen molar-refractivity contribution < 1.29 is 9.53 Å². The number of nitrogens with one attached hydrogen (secondary N) is 1. The van der Waals surface area contributed by atoms with Gasteiger partial charge in [0.15, 0.2) is 0 Å². The van der Waals surface area contributed by atoms with E-state index in [4.69, 9.17) is 16.3 Å². The van der Waals surface area contributed by atoms with Crippen LogP contribution in [0.25, 0.3) is 11.7 Å². The van der Waals surface area contributed by atoms with Gasteiger partial charge >= 0.3 is 0 Å². The summed E-state index contributed by atoms with van der Waals surface area (Å²) in [7, 11) is 0. The second-order valence-electron chi connectivity index (χ2n) is 7.58. The maximum absolute atomic E-state index is 13.2. The number of rotatable bonds is 5. The van der Waals surface area contributed by atoms with E-state index in [0.29, 0.717) is 16.4 Å². The zero-order valence-corrected chi connectivity index (χ0v) is 18.0. The Morgan fingerprint density at radius 2 is 1.94 bits per heavy atom. The summed E-state index contributed by atoms with van der Waals surface area (Å²) in [5.74, 6) is -0.241. The molecule has 3 aromatic rings. The van der Waals surface area contributed by atoms with Crippen LogP contribution >= 0.6 is 11.6 Å². The van der Waals surface area contributed by atoms with Crippen LogP contribution in [0.4, 0.5) is 0 Å². The molecule has 0 saturated heterocycles. The predicted molar refractivity (Wildman–Crippen MR) is 122 cm³/mol. The minimum Gasteiger partial charge on any atom is -0.437 e. The van der Waals surface area contributed by atoms with Crippen molar-refractivity contribution in [1.82, 2.24) is 14.7 Å². The Hall–Kier alpha value is -3.63. The van der Waals surface area contributed by atoms with Crippen molar-refractivity contribution in [2.75, 3.05) is 0 Å². The molecule has 0 unspecified atom stereocenters. The second kappa shape index (κ2) is 9.67. The van der Waals surface area contributed by atoms with Gasteiger partial charge in [0.05, 0.1) is 5.02 Å². The van der Waals surface area contributed by atoms with Crippen molar-refractivity contribution >= 4 is 29.2 Å². The minimum absolute atomic E-state index is 0.0102. The van der Waals surface area contributed by atoms with E-state index in [1.165, 1.54) is 10.5 Å². The van der Waals surface area contributed by atoms with E-state index in [1.54, 1.807) is 48.7 Å². The number of nitrogens with zero attached hydrogens (tertiary/aromatic N) is 3. The second-order valence-corrected chi connectivity index (χ2v) is 7.98. The minimum atomic E-state index is -0.513. The Labute approximate surface area is 189 Å². The Balaban J connectivity index is 1.77. The Kier molecular flexibility index (Phi) is 6.52. The van der Waals surface area contributed by atoms with Gasteiger partial charge in [-0.05, 0) is 43.2 Å². The molecule has 4 rings (SSSR count). The molecule has 7 nitrogen and oxygen atoms in total. The van der Waals surface area contributed by atoms with Gasteiger partial charge in [0.25, 0.3) is 11.5 Å². The lowest BCUT2D eigenvalue weighted by molar-refractivity contribution is -0.117. The molecule has 1 fully saturated rings. The molecule has 1 amide bonds. The van der Waals surface area contributed by atoms with E-state index >= 15 is 0 Å². The average Bonchev–Trinajstić information content (AvgIpc) is 2.81. The fourth-order valence-corrected chi connectivity index (χ4v) is 3.89. The molecule has 162 valence electrons. The number of hydrogen-bond donors (Lipinski definition) is 1. The van der Waals surface area contributed by atoms with Crippen LogP contribution in [0.5, 0.6) is 11.6 Å². The SMILES string of the molecule is N#CC(=Cc1c(Oc2ccccc2Cl)nc2ccccn2c1=O)C(=O)NC1CCCCC1. The van der Waals surface area contributed by atoms with Gasteiger partial charge in [0.2, 0.25) is 5.88 Å². The number of ether oxygens (including phenoxy) is 1. The summed E-state index contributed by atoms with van der Waals surface area (Å²) in [6.07, 6.45) is 7.80. The number of benzene rings is 1. The first-order valence-electron chi connectivity index (χ1n) is 10.4. The standard InChI is InChI=1S/C24H21ClN4O3/c25-19-10-4-5-11-20(19)32-23-18(24(31)29-13-7-6-12-21(29)28-23)14-16(15-26)22(30)27-17-8-2-1-3-9-17/h4-7,10-14,17H,1-3,8-9H2,(H,27,30). The highest BCUT2D eigenvalue weighted by molar-refractivity contribution is 6.32. The number of nitriles is 1. The molecule has 1 aliphatic carbocycles. The Bertz CT molecular complexity index is 1290. The van der Waals surface area contributed by atoms with Gasteiger partial charge in [-0.25, -0.2) is 0 Å². The molecule has 0 bridgehead atoms. The molecular weight excluding hydrogens is 428 g/mol. The molecule has 1 N–H and O–H groups in total. The summed E-state index contributed by atoms with van der Waals surface area (Å²) < 4.78 is 7.19. The molecule has 2 aromatic heterocycles. The van der Waals surface area contributed by atoms with Crippen LogP contribution in [0.15, 0.2) is 59.0 Å². The Morgan fingerprint density at radius 1 is 1.19 bits per heavy atom. The number of amides is 1. The van der Waals surface area contributed by atoms with Crippen LogP contribution in [0.3, 0.4) is 0 Å². The van der Waals surface area contributed by atoms with Crippen LogP contribution in [0.2, 0.25) is 5.02 Å². The van der Waals surface area contributed by atoms with Gasteiger partial charge in [-0.15, -0.1) is 0 Å². The van der Waals surface area contributed by atoms with E-state index in [0.717, 1.165) is 32.1 Å². The summed E-state index contributed by atoms with van der Waals surface area (Å²) in [6, 6.07) is 13.8. The molecule has 8 heteroatoms. The quantitative estimate of drug-likeness (QED) is 0.458. The number of pyridine rings is 1. The normalized spacial score (nSPS) is 14.7. The van der Waals surface area contributed by atoms with E-state index < -0.39 is 11.5 Å². The van der Waals surface area contributed by atoms with Gasteiger partial charge in [0, 0.05) is 12.2 Å². The van der Waals surface area contributed by atoms with E-state index in [2.05, 4.69) is 10.3 Å². The third kappa shape index (κ3) is 4.66. The smallest absolute Gasteiger partial charge is 0.269 e. The lowest BCUT2D eigenvalue weighted by Gasteiger charge is -2.22. The van der Waals surface area contributed by atoms with Crippen molar-refractivity contribution in [1.29, 1.82) is 5.26 Å². The first-order valence-corrected chi connectivity index (χ1v) is 10.8. The van der Waals surface area contributed by atoms with Crippen molar-refractivity contribution in [2.45, 2.75) is 38.1 Å². The van der Waals surface area contributed by atoms with Gasteiger partial charge in [-0.3, -0.25) is 14.0 Å². The monoisotopic (exact) mass is 448 g/mol. The third-order valence-electron chi connectivity index (χ3n) is 5.37. The first-order chi connectivity index (χ1) is 15.6. The van der Waals surface area contributed by atoms with Crippen LogP contribution < -0.4 is 15.6 Å². The largest absolute Gasteiger partial charge is 0.437 e. The van der Waals surface area contributed by atoms with Crippen molar-refractivity contribution in [3.63, 3.8) is 0 Å². The number of hydrogen-bond acceptors (Lipinski definition) is 5. The molecule has 2 heterocycles. The summed E-state index contributed by atoms with van der Waals surface area (Å²) in [4.78, 5) is 30.4. The molecule has 1 aliphatic rings. The summed E-state index contributed by atoms with van der Waals surface area (Å²) in [5, 5.41) is 12.9. The average molecular weight is 449 g/mol. The maximum Gasteiger partial charge on any atom is 0.269 e. The molecule has 0 spiro atoms.